The highest BCUT2D eigenvalue weighted by Gasteiger charge is 2.44. The van der Waals surface area contributed by atoms with Crippen molar-refractivity contribution < 1.29 is 61.9 Å². The van der Waals surface area contributed by atoms with Gasteiger partial charge >= 0.3 is 0 Å². The Hall–Kier alpha value is -7.30. The van der Waals surface area contributed by atoms with Gasteiger partial charge in [0, 0.05) is 70.6 Å². The van der Waals surface area contributed by atoms with E-state index in [1.807, 2.05) is 29.2 Å². The summed E-state index contributed by atoms with van der Waals surface area (Å²) >= 11 is 6.88. The molecule has 0 aliphatic carbocycles. The van der Waals surface area contributed by atoms with Gasteiger partial charge in [-0.15, -0.1) is 0 Å². The number of aromatic nitrogens is 2. The van der Waals surface area contributed by atoms with Crippen molar-refractivity contribution in [2.24, 2.45) is 0 Å². The van der Waals surface area contributed by atoms with Gasteiger partial charge in [-0.2, -0.15) is 4.98 Å². The number of carbonyl (C=O) groups is 6. The van der Waals surface area contributed by atoms with Crippen molar-refractivity contribution in [3.8, 4) is 22.6 Å². The van der Waals surface area contributed by atoms with Crippen LogP contribution in [-0.4, -0.2) is 178 Å². The number of carbonyl (C=O) groups excluding carboxylic acids is 6. The third-order valence-electron chi connectivity index (χ3n) is 12.7. The topological polar surface area (TPSA) is 232 Å². The average Bonchev–Trinajstić information content (AvgIpc) is 3.64. The number of ether oxygens (including phenoxy) is 5. The second-order valence-corrected chi connectivity index (χ2v) is 18.4. The van der Waals surface area contributed by atoms with Crippen molar-refractivity contribution >= 4 is 80.5 Å². The largest absolute Gasteiger partial charge is 0.508 e. The van der Waals surface area contributed by atoms with E-state index in [-0.39, 0.29) is 89.8 Å². The minimum atomic E-state index is -1.04. The van der Waals surface area contributed by atoms with Gasteiger partial charge in [-0.25, -0.2) is 9.37 Å². The first-order valence-electron chi connectivity index (χ1n) is 24.6. The molecule has 0 saturated carbocycles. The Labute approximate surface area is 436 Å². The maximum absolute atomic E-state index is 16.9. The third-order valence-corrected chi connectivity index (χ3v) is 13.0. The number of rotatable bonds is 24. The Morgan fingerprint density at radius 2 is 1.51 bits per heavy atom. The van der Waals surface area contributed by atoms with Gasteiger partial charge < -0.3 is 48.8 Å². The highest BCUT2D eigenvalue weighted by Crippen LogP contribution is 2.42. The van der Waals surface area contributed by atoms with Gasteiger partial charge in [0.05, 0.1) is 69.0 Å². The molecule has 6 amide bonds. The van der Waals surface area contributed by atoms with E-state index in [0.717, 1.165) is 4.90 Å². The molecule has 22 heteroatoms. The van der Waals surface area contributed by atoms with Crippen molar-refractivity contribution in [1.82, 2.24) is 30.0 Å². The molecule has 3 N–H and O–H groups in total. The number of piperazine rings is 1. The number of benzene rings is 4. The van der Waals surface area contributed by atoms with Crippen LogP contribution in [0, 0.1) is 5.82 Å². The average molecular weight is 1050 g/mol. The minimum absolute atomic E-state index is 0.0132. The number of imide groups is 2. The quantitative estimate of drug-likeness (QED) is 0.0420. The van der Waals surface area contributed by atoms with Gasteiger partial charge in [0.1, 0.15) is 35.5 Å². The van der Waals surface area contributed by atoms with E-state index in [1.165, 1.54) is 29.2 Å². The van der Waals surface area contributed by atoms with E-state index >= 15 is 4.39 Å². The number of piperidine rings is 1. The molecule has 5 aromatic rings. The normalized spacial score (nSPS) is 15.8. The highest BCUT2D eigenvalue weighted by molar-refractivity contribution is 6.35. The summed E-state index contributed by atoms with van der Waals surface area (Å²) in [6.07, 6.45) is 4.11. The van der Waals surface area contributed by atoms with Gasteiger partial charge in [-0.3, -0.25) is 39.0 Å². The molecule has 1 aromatic heterocycles. The molecule has 396 valence electrons. The summed E-state index contributed by atoms with van der Waals surface area (Å²) in [5.41, 5.74) is 0.813. The Bertz CT molecular complexity index is 2990. The zero-order valence-electron chi connectivity index (χ0n) is 41.6. The number of anilines is 2. The van der Waals surface area contributed by atoms with Crippen LogP contribution in [-0.2, 0) is 38.1 Å². The maximum atomic E-state index is 16.9. The number of halogens is 2. The summed E-state index contributed by atoms with van der Waals surface area (Å²) < 4.78 is 44.9. The van der Waals surface area contributed by atoms with Crippen LogP contribution in [0.25, 0.3) is 32.8 Å². The lowest BCUT2D eigenvalue weighted by atomic mass is 9.96. The molecule has 0 radical (unpaired) electrons. The van der Waals surface area contributed by atoms with Crippen LogP contribution in [0.15, 0.2) is 72.8 Å². The Kier molecular flexibility index (Phi) is 18.2. The first-order chi connectivity index (χ1) is 36.3. The number of hydrogen-bond acceptors (Lipinski definition) is 16. The molecule has 0 spiro atoms. The molecule has 8 rings (SSSR count). The summed E-state index contributed by atoms with van der Waals surface area (Å²) in [5.74, 6) is -2.35. The molecule has 4 heterocycles. The van der Waals surface area contributed by atoms with E-state index in [2.05, 4.69) is 15.6 Å². The third kappa shape index (κ3) is 13.2. The zero-order valence-corrected chi connectivity index (χ0v) is 42.4. The molecule has 0 bridgehead atoms. The molecular weight excluding hydrogens is 995 g/mol. The monoisotopic (exact) mass is 1050 g/mol. The van der Waals surface area contributed by atoms with Crippen LogP contribution >= 0.6 is 11.6 Å². The van der Waals surface area contributed by atoms with Crippen LogP contribution < -0.4 is 20.3 Å². The van der Waals surface area contributed by atoms with Crippen LogP contribution in [0.5, 0.6) is 11.5 Å². The van der Waals surface area contributed by atoms with E-state index in [1.54, 1.807) is 43.3 Å². The van der Waals surface area contributed by atoms with Crippen LogP contribution in [0.3, 0.4) is 0 Å². The van der Waals surface area contributed by atoms with E-state index in [0.29, 0.717) is 112 Å². The van der Waals surface area contributed by atoms with Crippen LogP contribution in [0.1, 0.15) is 46.4 Å². The molecule has 2 saturated heterocycles. The van der Waals surface area contributed by atoms with Gasteiger partial charge in [0.25, 0.3) is 11.8 Å². The summed E-state index contributed by atoms with van der Waals surface area (Å²) in [6.45, 7) is 4.71. The lowest BCUT2D eigenvalue weighted by Gasteiger charge is -2.35. The number of aromatic hydroxyl groups is 1. The molecule has 4 aromatic carbocycles. The lowest BCUT2D eigenvalue weighted by molar-refractivity contribution is -0.136. The van der Waals surface area contributed by atoms with E-state index in [9.17, 15) is 33.9 Å². The minimum Gasteiger partial charge on any atom is -0.508 e. The molecule has 3 aliphatic rings. The van der Waals surface area contributed by atoms with Gasteiger partial charge in [0.2, 0.25) is 29.6 Å². The molecule has 3 aliphatic heterocycles. The molecule has 20 nitrogen and oxygen atoms in total. The fourth-order valence-electron chi connectivity index (χ4n) is 8.85. The zero-order chi connectivity index (χ0) is 53.0. The number of phenolic OH excluding ortho intramolecular Hbond substituents is 1. The van der Waals surface area contributed by atoms with E-state index < -0.39 is 35.5 Å². The lowest BCUT2D eigenvalue weighted by Crippen LogP contribution is -2.54. The number of nitrogens with zero attached hydrogens (tertiary/aromatic N) is 6. The fraction of sp³-hybridized carbons (Fsp3) is 0.396. The molecule has 1 unspecified atom stereocenters. The first kappa shape index (κ1) is 54.0. The standard InChI is InChI=1S/C53H58ClFN8O12/c1-60(2)44(66)14-15-56-53-58-48-40(32-41(54)46(47(48)55)38-30-34(64)29-33-7-3-4-8-36(33)38)49(59-53)62-18-16-61(17-19-62)45(67)9-5-6-20-71-21-22-72-23-24-73-25-26-74-27-28-75-35-10-11-37-39(31-35)52(70)63(51(37)69)42-12-13-43(65)57-50(42)68/h3-5,7-11,29-32,42,64H,6,12-28H2,1-2H3,(H,56,58,59)(H,57,65,68)/b9-5+. The number of amides is 6. The maximum Gasteiger partial charge on any atom is 0.262 e. The second-order valence-electron chi connectivity index (χ2n) is 17.9. The predicted molar refractivity (Wildman–Crippen MR) is 275 cm³/mol. The first-order valence-corrected chi connectivity index (χ1v) is 25.0. The fourth-order valence-corrected chi connectivity index (χ4v) is 9.15. The Morgan fingerprint density at radius 1 is 0.827 bits per heavy atom. The summed E-state index contributed by atoms with van der Waals surface area (Å²) in [5, 5.41) is 17.7. The number of fused-ring (bicyclic) bond motifs is 3. The number of nitrogens with one attached hydrogen (secondary N) is 2. The number of hydrogen-bond donors (Lipinski definition) is 3. The SMILES string of the molecule is CN(C)C(=O)CCNc1nc(N2CCN(C(=O)/C=C/CCOCCOCCOCCOCCOc3ccc4c(c3)C(=O)N(C3CCC(=O)NC3=O)C4=O)CC2)c2cc(Cl)c(-c3cc(O)cc4ccccc34)c(F)c2n1. The Balaban J connectivity index is 0.708. The van der Waals surface area contributed by atoms with Crippen molar-refractivity contribution in [3.05, 3.63) is 94.8 Å². The van der Waals surface area contributed by atoms with Gasteiger partial charge in [-0.1, -0.05) is 41.9 Å². The summed E-state index contributed by atoms with van der Waals surface area (Å²) in [7, 11) is 3.33. The van der Waals surface area contributed by atoms with Crippen molar-refractivity contribution in [2.45, 2.75) is 31.7 Å². The van der Waals surface area contributed by atoms with Gasteiger partial charge in [0.15, 0.2) is 5.82 Å². The smallest absolute Gasteiger partial charge is 0.262 e. The van der Waals surface area contributed by atoms with Crippen LogP contribution in [0.2, 0.25) is 5.02 Å². The Morgan fingerprint density at radius 3 is 2.21 bits per heavy atom. The van der Waals surface area contributed by atoms with Gasteiger partial charge in [-0.05, 0) is 71.7 Å². The van der Waals surface area contributed by atoms with Crippen molar-refractivity contribution in [1.29, 1.82) is 0 Å². The number of phenols is 1. The second kappa shape index (κ2) is 25.3. The van der Waals surface area contributed by atoms with E-state index in [4.69, 9.17) is 40.3 Å². The summed E-state index contributed by atoms with van der Waals surface area (Å²) in [6, 6.07) is 15.5. The van der Waals surface area contributed by atoms with Crippen molar-refractivity contribution in [3.63, 3.8) is 0 Å². The predicted octanol–water partition coefficient (Wildman–Crippen LogP) is 4.98. The molecular formula is C53H58ClFN8O12. The molecule has 2 fully saturated rings. The molecule has 1 atom stereocenters. The van der Waals surface area contributed by atoms with Crippen molar-refractivity contribution in [2.75, 3.05) is 116 Å². The van der Waals surface area contributed by atoms with Crippen LogP contribution in [0.4, 0.5) is 16.2 Å². The summed E-state index contributed by atoms with van der Waals surface area (Å²) in [4.78, 5) is 90.6. The highest BCUT2D eigenvalue weighted by atomic mass is 35.5. The molecule has 75 heavy (non-hydrogen) atoms.